The van der Waals surface area contributed by atoms with Crippen LogP contribution in [0.4, 0.5) is 18.0 Å². The van der Waals surface area contributed by atoms with Crippen molar-refractivity contribution in [3.63, 3.8) is 0 Å². The highest BCUT2D eigenvalue weighted by molar-refractivity contribution is 5.74. The maximum Gasteiger partial charge on any atom is 0.406 e. The van der Waals surface area contributed by atoms with Crippen LogP contribution in [-0.2, 0) is 4.79 Å². The number of carboxylic acid groups (broad SMARTS) is 1. The van der Waals surface area contributed by atoms with Crippen LogP contribution in [0, 0.1) is 0 Å². The van der Waals surface area contributed by atoms with Gasteiger partial charge in [-0.15, -0.1) is 0 Å². The summed E-state index contributed by atoms with van der Waals surface area (Å²) in [5.41, 5.74) is 0. The molecule has 0 spiro atoms. The minimum absolute atomic E-state index is 0.0627. The normalized spacial score (nSPS) is 12.9. The lowest BCUT2D eigenvalue weighted by Crippen LogP contribution is -2.45. The summed E-state index contributed by atoms with van der Waals surface area (Å²) in [4.78, 5) is 22.3. The number of hydrogen-bond acceptors (Lipinski definition) is 3. The standard InChI is InChI=1S/C10H17F3N2O4/c1-2-5-15(6-10(11,12)13)9(19)14-4-3-7(16)8(17)18/h7,16H,2-6H2,1H3,(H,14,19)(H,17,18). The van der Waals surface area contributed by atoms with Gasteiger partial charge in [-0.05, 0) is 6.42 Å². The lowest BCUT2D eigenvalue weighted by Gasteiger charge is -2.23. The SMILES string of the molecule is CCCN(CC(F)(F)F)C(=O)NCCC(O)C(=O)O. The van der Waals surface area contributed by atoms with Crippen LogP contribution in [0.25, 0.3) is 0 Å². The van der Waals surface area contributed by atoms with Crippen LogP contribution in [0.15, 0.2) is 0 Å². The highest BCUT2D eigenvalue weighted by atomic mass is 19.4. The van der Waals surface area contributed by atoms with Crippen LogP contribution >= 0.6 is 0 Å². The summed E-state index contributed by atoms with van der Waals surface area (Å²) in [5, 5.41) is 19.4. The molecule has 0 saturated heterocycles. The first-order chi connectivity index (χ1) is 8.67. The van der Waals surface area contributed by atoms with Crippen molar-refractivity contribution in [3.8, 4) is 0 Å². The molecule has 0 bridgehead atoms. The summed E-state index contributed by atoms with van der Waals surface area (Å²) >= 11 is 0. The van der Waals surface area contributed by atoms with Gasteiger partial charge in [0.15, 0.2) is 6.10 Å². The zero-order valence-electron chi connectivity index (χ0n) is 10.4. The van der Waals surface area contributed by atoms with E-state index in [4.69, 9.17) is 10.2 Å². The van der Waals surface area contributed by atoms with Crippen LogP contribution in [0.3, 0.4) is 0 Å². The second-order valence-electron chi connectivity index (χ2n) is 3.91. The lowest BCUT2D eigenvalue weighted by molar-refractivity contribution is -0.146. The Kier molecular flexibility index (Phi) is 7.20. The number of aliphatic hydroxyl groups excluding tert-OH is 1. The molecule has 0 aliphatic carbocycles. The molecule has 112 valence electrons. The van der Waals surface area contributed by atoms with Gasteiger partial charge in [0.1, 0.15) is 6.54 Å². The van der Waals surface area contributed by atoms with Crippen molar-refractivity contribution < 1.29 is 33.0 Å². The molecule has 0 aromatic rings. The number of nitrogens with one attached hydrogen (secondary N) is 1. The van der Waals surface area contributed by atoms with Crippen LogP contribution in [0.2, 0.25) is 0 Å². The molecule has 2 amide bonds. The number of carbonyl (C=O) groups excluding carboxylic acids is 1. The maximum atomic E-state index is 12.2. The number of aliphatic carboxylic acids is 1. The largest absolute Gasteiger partial charge is 0.479 e. The van der Waals surface area contributed by atoms with Gasteiger partial charge in [-0.3, -0.25) is 0 Å². The predicted molar refractivity (Wildman–Crippen MR) is 59.6 cm³/mol. The van der Waals surface area contributed by atoms with E-state index in [2.05, 4.69) is 5.32 Å². The van der Waals surface area contributed by atoms with Gasteiger partial charge >= 0.3 is 18.2 Å². The third kappa shape index (κ3) is 8.25. The molecule has 0 aromatic carbocycles. The number of alkyl halides is 3. The molecular formula is C10H17F3N2O4. The van der Waals surface area contributed by atoms with Crippen LogP contribution in [0.5, 0.6) is 0 Å². The van der Waals surface area contributed by atoms with Crippen molar-refractivity contribution in [1.82, 2.24) is 10.2 Å². The molecule has 0 heterocycles. The molecule has 19 heavy (non-hydrogen) atoms. The lowest BCUT2D eigenvalue weighted by atomic mass is 10.2. The van der Waals surface area contributed by atoms with Crippen molar-refractivity contribution in [2.45, 2.75) is 32.0 Å². The number of urea groups is 1. The van der Waals surface area contributed by atoms with E-state index in [9.17, 15) is 22.8 Å². The van der Waals surface area contributed by atoms with Crippen molar-refractivity contribution in [3.05, 3.63) is 0 Å². The van der Waals surface area contributed by atoms with Crippen molar-refractivity contribution in [2.75, 3.05) is 19.6 Å². The molecular weight excluding hydrogens is 269 g/mol. The molecule has 1 unspecified atom stereocenters. The third-order valence-electron chi connectivity index (χ3n) is 2.13. The zero-order chi connectivity index (χ0) is 15.1. The van der Waals surface area contributed by atoms with E-state index >= 15 is 0 Å². The maximum absolute atomic E-state index is 12.2. The average Bonchev–Trinajstić information content (AvgIpc) is 2.26. The van der Waals surface area contributed by atoms with Gasteiger partial charge in [0.2, 0.25) is 0 Å². The van der Waals surface area contributed by atoms with E-state index < -0.39 is 30.8 Å². The number of carboxylic acids is 1. The highest BCUT2D eigenvalue weighted by Crippen LogP contribution is 2.16. The Labute approximate surface area is 108 Å². The first-order valence-corrected chi connectivity index (χ1v) is 5.67. The Morgan fingerprint density at radius 2 is 1.95 bits per heavy atom. The van der Waals surface area contributed by atoms with E-state index in [1.807, 2.05) is 0 Å². The summed E-state index contributed by atoms with van der Waals surface area (Å²) in [5.74, 6) is -1.45. The fourth-order valence-corrected chi connectivity index (χ4v) is 1.29. The van der Waals surface area contributed by atoms with Crippen LogP contribution in [-0.4, -0.2) is 59.0 Å². The number of nitrogens with zero attached hydrogens (tertiary/aromatic N) is 1. The number of rotatable bonds is 7. The summed E-state index contributed by atoms with van der Waals surface area (Å²) in [6, 6.07) is -0.934. The molecule has 6 nitrogen and oxygen atoms in total. The topological polar surface area (TPSA) is 89.9 Å². The van der Waals surface area contributed by atoms with Gasteiger partial charge in [-0.1, -0.05) is 6.92 Å². The smallest absolute Gasteiger partial charge is 0.406 e. The van der Waals surface area contributed by atoms with E-state index in [0.29, 0.717) is 11.3 Å². The van der Waals surface area contributed by atoms with Gasteiger partial charge < -0.3 is 20.4 Å². The van der Waals surface area contributed by atoms with Gasteiger partial charge in [0.05, 0.1) is 0 Å². The molecule has 0 aliphatic rings. The van der Waals surface area contributed by atoms with Gasteiger partial charge in [0.25, 0.3) is 0 Å². The number of aliphatic hydroxyl groups is 1. The Hall–Kier alpha value is -1.51. The van der Waals surface area contributed by atoms with Crippen molar-refractivity contribution in [1.29, 1.82) is 0 Å². The molecule has 1 atom stereocenters. The number of carbonyl (C=O) groups is 2. The molecule has 9 heteroatoms. The number of amides is 2. The number of halogens is 3. The Balaban J connectivity index is 4.22. The van der Waals surface area contributed by atoms with Gasteiger partial charge in [-0.2, -0.15) is 13.2 Å². The average molecular weight is 286 g/mol. The first-order valence-electron chi connectivity index (χ1n) is 5.67. The Bertz CT molecular complexity index is 310. The molecule has 0 aromatic heterocycles. The molecule has 0 rings (SSSR count). The fourth-order valence-electron chi connectivity index (χ4n) is 1.29. The Morgan fingerprint density at radius 3 is 2.37 bits per heavy atom. The number of hydrogen-bond donors (Lipinski definition) is 3. The van der Waals surface area contributed by atoms with Gasteiger partial charge in [-0.25, -0.2) is 9.59 Å². The molecule has 0 radical (unpaired) electrons. The quantitative estimate of drug-likeness (QED) is 0.646. The minimum Gasteiger partial charge on any atom is -0.479 e. The first kappa shape index (κ1) is 17.5. The third-order valence-corrected chi connectivity index (χ3v) is 2.13. The molecule has 0 aliphatic heterocycles. The van der Waals surface area contributed by atoms with Crippen LogP contribution < -0.4 is 5.32 Å². The van der Waals surface area contributed by atoms with E-state index in [1.54, 1.807) is 6.92 Å². The second-order valence-corrected chi connectivity index (χ2v) is 3.91. The monoisotopic (exact) mass is 286 g/mol. The second kappa shape index (κ2) is 7.82. The van der Waals surface area contributed by atoms with Crippen molar-refractivity contribution >= 4 is 12.0 Å². The molecule has 3 N–H and O–H groups in total. The summed E-state index contributed by atoms with van der Waals surface area (Å²) in [7, 11) is 0. The van der Waals surface area contributed by atoms with E-state index in [-0.39, 0.29) is 19.5 Å². The molecule has 0 fully saturated rings. The predicted octanol–water partition coefficient (Wildman–Crippen LogP) is 0.806. The summed E-state index contributed by atoms with van der Waals surface area (Å²) in [6.45, 7) is -0.0177. The van der Waals surface area contributed by atoms with Crippen LogP contribution in [0.1, 0.15) is 19.8 Å². The van der Waals surface area contributed by atoms with E-state index in [0.717, 1.165) is 0 Å². The minimum atomic E-state index is -4.49. The molecule has 0 saturated carbocycles. The van der Waals surface area contributed by atoms with Crippen molar-refractivity contribution in [2.24, 2.45) is 0 Å². The summed E-state index contributed by atoms with van der Waals surface area (Å²) in [6.07, 6.45) is -6.05. The fraction of sp³-hybridized carbons (Fsp3) is 0.800. The summed E-state index contributed by atoms with van der Waals surface area (Å²) < 4.78 is 36.6. The van der Waals surface area contributed by atoms with Gasteiger partial charge in [0, 0.05) is 19.5 Å². The zero-order valence-corrected chi connectivity index (χ0v) is 10.4. The Morgan fingerprint density at radius 1 is 1.37 bits per heavy atom. The van der Waals surface area contributed by atoms with E-state index in [1.165, 1.54) is 0 Å². The highest BCUT2D eigenvalue weighted by Gasteiger charge is 2.32.